The smallest absolute Gasteiger partial charge is 0.0626 e. The number of para-hydroxylation sites is 1. The van der Waals surface area contributed by atoms with Gasteiger partial charge >= 0.3 is 0 Å². The second kappa shape index (κ2) is 16.8. The van der Waals surface area contributed by atoms with Crippen LogP contribution in [0.25, 0.3) is 115 Å². The van der Waals surface area contributed by atoms with Crippen molar-refractivity contribution in [2.45, 2.75) is 19.3 Å². The van der Waals surface area contributed by atoms with Crippen LogP contribution in [0.2, 0.25) is 0 Å². The highest BCUT2D eigenvalue weighted by Gasteiger charge is 2.36. The van der Waals surface area contributed by atoms with Crippen LogP contribution in [0.4, 0.5) is 17.1 Å². The van der Waals surface area contributed by atoms with E-state index >= 15 is 0 Å². The average molecular weight is 955 g/mol. The fourth-order valence-corrected chi connectivity index (χ4v) is 12.9. The SMILES string of the molecule is CC1(C)c2ccccc2-c2ccc(N(c3ccccc3)c3cc4c5ccccc5c5c(c(-c6ccccc6)c(-c6ccccc6)n5-c5ccc(-c6ccc7ccccc7c6)c6ccccc56)c4c4ccccc34)cc21. The van der Waals surface area contributed by atoms with E-state index in [1.165, 1.54) is 115 Å². The van der Waals surface area contributed by atoms with Crippen molar-refractivity contribution in [2.24, 2.45) is 0 Å². The number of aromatic nitrogens is 1. The molecule has 14 aromatic rings. The van der Waals surface area contributed by atoms with E-state index in [2.05, 4.69) is 290 Å². The highest BCUT2D eigenvalue weighted by atomic mass is 15.1. The van der Waals surface area contributed by atoms with Crippen molar-refractivity contribution < 1.29 is 0 Å². The Morgan fingerprint density at radius 3 is 1.69 bits per heavy atom. The van der Waals surface area contributed by atoms with Crippen LogP contribution in [0.1, 0.15) is 25.0 Å². The molecule has 0 fully saturated rings. The minimum atomic E-state index is -0.156. The van der Waals surface area contributed by atoms with Crippen LogP contribution < -0.4 is 4.90 Å². The molecule has 1 heterocycles. The zero-order valence-corrected chi connectivity index (χ0v) is 41.8. The van der Waals surface area contributed by atoms with Crippen molar-refractivity contribution in [3.8, 4) is 50.3 Å². The summed E-state index contributed by atoms with van der Waals surface area (Å²) in [6, 6.07) is 99.3. The van der Waals surface area contributed by atoms with Crippen molar-refractivity contribution in [1.82, 2.24) is 4.57 Å². The van der Waals surface area contributed by atoms with Gasteiger partial charge < -0.3 is 9.47 Å². The van der Waals surface area contributed by atoms with Gasteiger partial charge in [-0.3, -0.25) is 0 Å². The molecule has 15 rings (SSSR count). The van der Waals surface area contributed by atoms with Gasteiger partial charge in [0.05, 0.1) is 22.6 Å². The first kappa shape index (κ1) is 43.1. The van der Waals surface area contributed by atoms with E-state index in [1.807, 2.05) is 0 Å². The van der Waals surface area contributed by atoms with Gasteiger partial charge in [-0.1, -0.05) is 238 Å². The van der Waals surface area contributed by atoms with Crippen molar-refractivity contribution in [3.63, 3.8) is 0 Å². The maximum Gasteiger partial charge on any atom is 0.0626 e. The van der Waals surface area contributed by atoms with Gasteiger partial charge in [-0.2, -0.15) is 0 Å². The molecule has 2 nitrogen and oxygen atoms in total. The third kappa shape index (κ3) is 6.53. The Morgan fingerprint density at radius 2 is 0.920 bits per heavy atom. The van der Waals surface area contributed by atoms with Crippen LogP contribution in [-0.2, 0) is 5.41 Å². The number of hydrogen-bond acceptors (Lipinski definition) is 1. The van der Waals surface area contributed by atoms with Gasteiger partial charge in [0.25, 0.3) is 0 Å². The van der Waals surface area contributed by atoms with E-state index in [0.29, 0.717) is 0 Å². The Balaban J connectivity index is 1.08. The summed E-state index contributed by atoms with van der Waals surface area (Å²) in [6.45, 7) is 4.75. The second-order valence-corrected chi connectivity index (χ2v) is 20.7. The van der Waals surface area contributed by atoms with Crippen molar-refractivity contribution in [3.05, 3.63) is 278 Å². The molecule has 0 amide bonds. The maximum atomic E-state index is 2.62. The van der Waals surface area contributed by atoms with E-state index < -0.39 is 0 Å². The Labute approximate surface area is 436 Å². The lowest BCUT2D eigenvalue weighted by atomic mass is 9.82. The van der Waals surface area contributed by atoms with Gasteiger partial charge in [0.15, 0.2) is 0 Å². The lowest BCUT2D eigenvalue weighted by Gasteiger charge is -2.30. The Bertz CT molecular complexity index is 4600. The minimum absolute atomic E-state index is 0.156. The van der Waals surface area contributed by atoms with Gasteiger partial charge in [0.2, 0.25) is 0 Å². The lowest BCUT2D eigenvalue weighted by molar-refractivity contribution is 0.660. The summed E-state index contributed by atoms with van der Waals surface area (Å²) < 4.78 is 2.62. The van der Waals surface area contributed by atoms with Crippen LogP contribution in [-0.4, -0.2) is 4.57 Å². The van der Waals surface area contributed by atoms with E-state index in [-0.39, 0.29) is 5.41 Å². The molecular weight excluding hydrogens is 905 g/mol. The molecule has 0 bridgehead atoms. The Kier molecular flexibility index (Phi) is 9.65. The summed E-state index contributed by atoms with van der Waals surface area (Å²) in [5, 5.41) is 13.4. The molecular formula is C73H50N2. The summed E-state index contributed by atoms with van der Waals surface area (Å²) in [5.74, 6) is 0. The summed E-state index contributed by atoms with van der Waals surface area (Å²) in [6.07, 6.45) is 0. The first-order valence-corrected chi connectivity index (χ1v) is 26.2. The molecule has 1 aromatic heterocycles. The molecule has 0 spiro atoms. The number of fused-ring (bicyclic) bond motifs is 13. The molecule has 0 aliphatic heterocycles. The molecule has 352 valence electrons. The largest absolute Gasteiger partial charge is 0.310 e. The molecule has 75 heavy (non-hydrogen) atoms. The Morgan fingerprint density at radius 1 is 0.333 bits per heavy atom. The zero-order chi connectivity index (χ0) is 49.8. The van der Waals surface area contributed by atoms with E-state index in [0.717, 1.165) is 28.3 Å². The highest BCUT2D eigenvalue weighted by Crippen LogP contribution is 2.55. The van der Waals surface area contributed by atoms with Crippen molar-refractivity contribution >= 4 is 81.8 Å². The van der Waals surface area contributed by atoms with Gasteiger partial charge in [0, 0.05) is 49.3 Å². The van der Waals surface area contributed by atoms with Crippen LogP contribution in [0.3, 0.4) is 0 Å². The molecule has 0 unspecified atom stereocenters. The lowest BCUT2D eigenvalue weighted by Crippen LogP contribution is -2.16. The quantitative estimate of drug-likeness (QED) is 0.145. The van der Waals surface area contributed by atoms with E-state index in [4.69, 9.17) is 0 Å². The number of rotatable bonds is 7. The standard InChI is InChI=1S/C73H50N2/c1-73(2)64-37-21-20-32-57(64)58-41-40-53(45-65(58)73)74(52-28-10-5-11-29-52)67-46-63-56-31-15-19-36-62(56)72-70(69(63)61-35-18-17-34-60(61)67)68(48-23-6-3-7-24-48)71(49-25-8-4-9-26-49)75(72)66-43-42-54(55-30-14-16-33-59(55)66)51-39-38-47-22-12-13-27-50(47)44-51/h3-46H,1-2H3. The zero-order valence-electron chi connectivity index (χ0n) is 41.8. The second-order valence-electron chi connectivity index (χ2n) is 20.7. The molecule has 1 aliphatic carbocycles. The van der Waals surface area contributed by atoms with Crippen molar-refractivity contribution in [2.75, 3.05) is 4.90 Å². The van der Waals surface area contributed by atoms with Crippen LogP contribution in [0.15, 0.2) is 267 Å². The van der Waals surface area contributed by atoms with Crippen LogP contribution in [0.5, 0.6) is 0 Å². The van der Waals surface area contributed by atoms with Gasteiger partial charge in [-0.05, 0) is 119 Å². The van der Waals surface area contributed by atoms with E-state index in [1.54, 1.807) is 0 Å². The molecule has 0 N–H and O–H groups in total. The molecule has 1 aliphatic rings. The van der Waals surface area contributed by atoms with Gasteiger partial charge in [-0.15, -0.1) is 0 Å². The fraction of sp³-hybridized carbons (Fsp3) is 0.0411. The third-order valence-electron chi connectivity index (χ3n) is 16.3. The molecule has 0 atom stereocenters. The van der Waals surface area contributed by atoms with Gasteiger partial charge in [-0.25, -0.2) is 0 Å². The fourth-order valence-electron chi connectivity index (χ4n) is 12.9. The summed E-state index contributed by atoms with van der Waals surface area (Å²) >= 11 is 0. The first-order chi connectivity index (χ1) is 37.0. The van der Waals surface area contributed by atoms with Crippen LogP contribution >= 0.6 is 0 Å². The van der Waals surface area contributed by atoms with Crippen LogP contribution in [0, 0.1) is 0 Å². The molecule has 13 aromatic carbocycles. The van der Waals surface area contributed by atoms with Gasteiger partial charge in [0.1, 0.15) is 0 Å². The average Bonchev–Trinajstić information content (AvgIpc) is 3.97. The predicted molar refractivity (Wildman–Crippen MR) is 319 cm³/mol. The molecule has 0 saturated carbocycles. The minimum Gasteiger partial charge on any atom is -0.310 e. The number of hydrogen-bond donors (Lipinski definition) is 0. The van der Waals surface area contributed by atoms with E-state index in [9.17, 15) is 0 Å². The summed E-state index contributed by atoms with van der Waals surface area (Å²) in [5.41, 5.74) is 18.1. The Hall–Kier alpha value is -9.50. The first-order valence-electron chi connectivity index (χ1n) is 26.2. The summed E-state index contributed by atoms with van der Waals surface area (Å²) in [4.78, 5) is 2.50. The normalized spacial score (nSPS) is 12.8. The molecule has 0 saturated heterocycles. The topological polar surface area (TPSA) is 8.17 Å². The number of anilines is 3. The van der Waals surface area contributed by atoms with Crippen molar-refractivity contribution in [1.29, 1.82) is 0 Å². The monoisotopic (exact) mass is 954 g/mol. The molecule has 0 radical (unpaired) electrons. The third-order valence-corrected chi connectivity index (χ3v) is 16.3. The predicted octanol–water partition coefficient (Wildman–Crippen LogP) is 20.2. The number of benzene rings is 13. The highest BCUT2D eigenvalue weighted by molar-refractivity contribution is 6.37. The summed E-state index contributed by atoms with van der Waals surface area (Å²) in [7, 11) is 0. The maximum absolute atomic E-state index is 2.62. The molecule has 2 heteroatoms. The number of nitrogens with zero attached hydrogens (tertiary/aromatic N) is 2.